The Labute approximate surface area is 118 Å². The van der Waals surface area contributed by atoms with Gasteiger partial charge in [-0.1, -0.05) is 6.07 Å². The Morgan fingerprint density at radius 2 is 1.94 bits per heavy atom. The standard InChI is InChI=1S/C12H15Br2NO2/c1-12(2,11(16)17-3)10(15)7-4-5-8(13)9(14)6-7/h4-6,10H,15H2,1-3H3/t10-/m1/s1. The first-order valence-electron chi connectivity index (χ1n) is 5.09. The van der Waals surface area contributed by atoms with Crippen molar-refractivity contribution in [1.29, 1.82) is 0 Å². The van der Waals surface area contributed by atoms with Crippen molar-refractivity contribution in [2.24, 2.45) is 11.1 Å². The Balaban J connectivity index is 3.07. The van der Waals surface area contributed by atoms with Gasteiger partial charge in [-0.25, -0.2) is 0 Å². The fourth-order valence-electron chi connectivity index (χ4n) is 1.51. The predicted octanol–water partition coefficient (Wildman–Crippen LogP) is 3.41. The van der Waals surface area contributed by atoms with Crippen LogP contribution in [0.5, 0.6) is 0 Å². The van der Waals surface area contributed by atoms with Gasteiger partial charge >= 0.3 is 5.97 Å². The predicted molar refractivity (Wildman–Crippen MR) is 74.6 cm³/mol. The van der Waals surface area contributed by atoms with Crippen LogP contribution < -0.4 is 5.73 Å². The lowest BCUT2D eigenvalue weighted by molar-refractivity contribution is -0.152. The fraction of sp³-hybridized carbons (Fsp3) is 0.417. The second-order valence-corrected chi connectivity index (χ2v) is 6.07. The number of carbonyl (C=O) groups is 1. The molecule has 0 aromatic heterocycles. The zero-order valence-electron chi connectivity index (χ0n) is 9.96. The van der Waals surface area contributed by atoms with Crippen LogP contribution in [0.2, 0.25) is 0 Å². The normalized spacial score (nSPS) is 13.3. The Kier molecular flexibility index (Phi) is 4.75. The second-order valence-electron chi connectivity index (χ2n) is 4.36. The van der Waals surface area contributed by atoms with E-state index in [2.05, 4.69) is 31.9 Å². The highest BCUT2D eigenvalue weighted by atomic mass is 79.9. The lowest BCUT2D eigenvalue weighted by Crippen LogP contribution is -2.37. The van der Waals surface area contributed by atoms with Gasteiger partial charge in [0.25, 0.3) is 0 Å². The summed E-state index contributed by atoms with van der Waals surface area (Å²) in [6, 6.07) is 5.27. The van der Waals surface area contributed by atoms with Crippen molar-refractivity contribution in [2.75, 3.05) is 7.11 Å². The third-order valence-corrected chi connectivity index (χ3v) is 4.67. The molecule has 0 radical (unpaired) electrons. The Morgan fingerprint density at radius 1 is 1.35 bits per heavy atom. The molecule has 1 aromatic rings. The first-order valence-corrected chi connectivity index (χ1v) is 6.68. The maximum Gasteiger partial charge on any atom is 0.313 e. The number of ether oxygens (including phenoxy) is 1. The Bertz CT molecular complexity index is 433. The molecule has 0 spiro atoms. The van der Waals surface area contributed by atoms with Gasteiger partial charge in [-0.3, -0.25) is 4.79 Å². The van der Waals surface area contributed by atoms with Crippen LogP contribution in [0, 0.1) is 5.41 Å². The maximum atomic E-state index is 11.7. The molecule has 5 heteroatoms. The lowest BCUT2D eigenvalue weighted by atomic mass is 9.81. The Hall–Kier alpha value is -0.390. The molecule has 1 aromatic carbocycles. The van der Waals surface area contributed by atoms with Crippen LogP contribution in [-0.2, 0) is 9.53 Å². The van der Waals surface area contributed by atoms with Crippen LogP contribution in [0.25, 0.3) is 0 Å². The topological polar surface area (TPSA) is 52.3 Å². The fourth-order valence-corrected chi connectivity index (χ4v) is 2.16. The molecule has 0 unspecified atom stereocenters. The molecular formula is C12H15Br2NO2. The first kappa shape index (κ1) is 14.7. The van der Waals surface area contributed by atoms with E-state index in [0.717, 1.165) is 14.5 Å². The summed E-state index contributed by atoms with van der Waals surface area (Å²) in [4.78, 5) is 11.7. The van der Waals surface area contributed by atoms with E-state index in [1.54, 1.807) is 13.8 Å². The number of carbonyl (C=O) groups excluding carboxylic acids is 1. The monoisotopic (exact) mass is 363 g/mol. The molecule has 0 aliphatic carbocycles. The van der Waals surface area contributed by atoms with Gasteiger partial charge in [-0.05, 0) is 63.4 Å². The lowest BCUT2D eigenvalue weighted by Gasteiger charge is -2.29. The van der Waals surface area contributed by atoms with Crippen molar-refractivity contribution in [2.45, 2.75) is 19.9 Å². The molecule has 94 valence electrons. The van der Waals surface area contributed by atoms with Gasteiger partial charge in [0.1, 0.15) is 0 Å². The quantitative estimate of drug-likeness (QED) is 0.836. The van der Waals surface area contributed by atoms with E-state index in [9.17, 15) is 4.79 Å². The van der Waals surface area contributed by atoms with Gasteiger partial charge in [0, 0.05) is 15.0 Å². The summed E-state index contributed by atoms with van der Waals surface area (Å²) in [6.45, 7) is 3.55. The number of hydrogen-bond acceptors (Lipinski definition) is 3. The van der Waals surface area contributed by atoms with Crippen LogP contribution in [0.15, 0.2) is 27.1 Å². The highest BCUT2D eigenvalue weighted by molar-refractivity contribution is 9.13. The summed E-state index contributed by atoms with van der Waals surface area (Å²) in [5.41, 5.74) is 6.25. The molecule has 0 fully saturated rings. The average Bonchev–Trinajstić information content (AvgIpc) is 2.30. The van der Waals surface area contributed by atoms with Gasteiger partial charge in [-0.15, -0.1) is 0 Å². The summed E-state index contributed by atoms with van der Waals surface area (Å²) in [6.07, 6.45) is 0. The molecule has 1 atom stereocenters. The molecule has 1 rings (SSSR count). The number of hydrogen-bond donors (Lipinski definition) is 1. The molecule has 17 heavy (non-hydrogen) atoms. The number of halogens is 2. The zero-order chi connectivity index (χ0) is 13.2. The minimum atomic E-state index is -0.762. The van der Waals surface area contributed by atoms with E-state index in [0.29, 0.717) is 0 Å². The van der Waals surface area contributed by atoms with E-state index in [4.69, 9.17) is 10.5 Å². The van der Waals surface area contributed by atoms with Crippen molar-refractivity contribution < 1.29 is 9.53 Å². The number of methoxy groups -OCH3 is 1. The smallest absolute Gasteiger partial charge is 0.313 e. The SMILES string of the molecule is COC(=O)C(C)(C)[C@H](N)c1ccc(Br)c(Br)c1. The van der Waals surface area contributed by atoms with Crippen LogP contribution in [0.3, 0.4) is 0 Å². The summed E-state index contributed by atoms with van der Waals surface area (Å²) in [7, 11) is 1.37. The first-order chi connectivity index (χ1) is 7.80. The average molecular weight is 365 g/mol. The van der Waals surface area contributed by atoms with E-state index >= 15 is 0 Å². The molecule has 0 heterocycles. The van der Waals surface area contributed by atoms with Crippen molar-refractivity contribution in [1.82, 2.24) is 0 Å². The number of rotatable bonds is 3. The highest BCUT2D eigenvalue weighted by Crippen LogP contribution is 2.35. The van der Waals surface area contributed by atoms with Gasteiger partial charge in [0.15, 0.2) is 0 Å². The second kappa shape index (κ2) is 5.50. The highest BCUT2D eigenvalue weighted by Gasteiger charge is 2.36. The number of esters is 1. The summed E-state index contributed by atoms with van der Waals surface area (Å²) >= 11 is 6.81. The van der Waals surface area contributed by atoms with E-state index in [1.165, 1.54) is 7.11 Å². The summed E-state index contributed by atoms with van der Waals surface area (Å²) in [5.74, 6) is -0.316. The largest absolute Gasteiger partial charge is 0.469 e. The van der Waals surface area contributed by atoms with E-state index in [1.807, 2.05) is 18.2 Å². The molecule has 0 aliphatic rings. The summed E-state index contributed by atoms with van der Waals surface area (Å²) in [5, 5.41) is 0. The molecule has 0 aliphatic heterocycles. The van der Waals surface area contributed by atoms with Crippen molar-refractivity contribution in [3.05, 3.63) is 32.7 Å². The third kappa shape index (κ3) is 3.09. The van der Waals surface area contributed by atoms with Crippen molar-refractivity contribution >= 4 is 37.8 Å². The minimum absolute atomic E-state index is 0.316. The van der Waals surface area contributed by atoms with E-state index in [-0.39, 0.29) is 5.97 Å². The molecule has 3 nitrogen and oxygen atoms in total. The summed E-state index contributed by atoms with van der Waals surface area (Å²) < 4.78 is 6.63. The number of benzene rings is 1. The third-order valence-electron chi connectivity index (χ3n) is 2.79. The Morgan fingerprint density at radius 3 is 2.41 bits per heavy atom. The van der Waals surface area contributed by atoms with Gasteiger partial charge in [0.05, 0.1) is 12.5 Å². The van der Waals surface area contributed by atoms with Gasteiger partial charge < -0.3 is 10.5 Å². The number of nitrogens with two attached hydrogens (primary N) is 1. The molecule has 2 N–H and O–H groups in total. The van der Waals surface area contributed by atoms with Crippen LogP contribution in [0.4, 0.5) is 0 Å². The van der Waals surface area contributed by atoms with Crippen molar-refractivity contribution in [3.8, 4) is 0 Å². The van der Waals surface area contributed by atoms with Crippen LogP contribution in [0.1, 0.15) is 25.5 Å². The minimum Gasteiger partial charge on any atom is -0.469 e. The van der Waals surface area contributed by atoms with Gasteiger partial charge in [0.2, 0.25) is 0 Å². The van der Waals surface area contributed by atoms with Crippen LogP contribution >= 0.6 is 31.9 Å². The molecule has 0 saturated carbocycles. The molecule has 0 amide bonds. The van der Waals surface area contributed by atoms with Crippen molar-refractivity contribution in [3.63, 3.8) is 0 Å². The molecule has 0 bridgehead atoms. The van der Waals surface area contributed by atoms with Gasteiger partial charge in [-0.2, -0.15) is 0 Å². The molecule has 0 saturated heterocycles. The zero-order valence-corrected chi connectivity index (χ0v) is 13.1. The maximum absolute atomic E-state index is 11.7. The van der Waals surface area contributed by atoms with Crippen LogP contribution in [-0.4, -0.2) is 13.1 Å². The van der Waals surface area contributed by atoms with E-state index < -0.39 is 11.5 Å². The molecular weight excluding hydrogens is 350 g/mol.